The molecule has 9 nitrogen and oxygen atoms in total. The number of nitrogens with zero attached hydrogens (tertiary/aromatic N) is 2. The summed E-state index contributed by atoms with van der Waals surface area (Å²) >= 11 is 0. The summed E-state index contributed by atoms with van der Waals surface area (Å²) in [6.45, 7) is 7.72. The molecule has 1 aromatic rings. The van der Waals surface area contributed by atoms with Gasteiger partial charge in [0, 0.05) is 17.9 Å². The molecular formula is C29H33N3O6. The van der Waals surface area contributed by atoms with E-state index >= 15 is 0 Å². The van der Waals surface area contributed by atoms with E-state index in [1.165, 1.54) is 0 Å². The highest BCUT2D eigenvalue weighted by atomic mass is 16.6. The Kier molecular flexibility index (Phi) is 6.64. The van der Waals surface area contributed by atoms with Gasteiger partial charge in [0.25, 0.3) is 11.8 Å². The number of benzene rings is 1. The van der Waals surface area contributed by atoms with E-state index in [0.717, 1.165) is 43.7 Å². The number of ether oxygens (including phenoxy) is 1. The van der Waals surface area contributed by atoms with E-state index in [2.05, 4.69) is 22.1 Å². The van der Waals surface area contributed by atoms with Crippen LogP contribution in [0.3, 0.4) is 0 Å². The molecule has 5 rings (SSSR count). The van der Waals surface area contributed by atoms with Gasteiger partial charge in [-0.15, -0.1) is 0 Å². The number of carbonyl (C=O) groups is 5. The van der Waals surface area contributed by atoms with Crippen LogP contribution >= 0.6 is 0 Å². The maximum atomic E-state index is 13.0. The van der Waals surface area contributed by atoms with Gasteiger partial charge >= 0.3 is 5.97 Å². The Balaban J connectivity index is 1.16. The van der Waals surface area contributed by atoms with Crippen LogP contribution < -0.4 is 5.32 Å². The average Bonchev–Trinajstić information content (AvgIpc) is 3.06. The average molecular weight is 520 g/mol. The fourth-order valence-electron chi connectivity index (χ4n) is 5.97. The van der Waals surface area contributed by atoms with Crippen LogP contribution in [0.4, 0.5) is 0 Å². The van der Waals surface area contributed by atoms with Crippen LogP contribution in [0.25, 0.3) is 0 Å². The largest absolute Gasteiger partial charge is 0.459 e. The van der Waals surface area contributed by atoms with Crippen LogP contribution in [-0.2, 0) is 19.1 Å². The number of nitrogens with one attached hydrogen (secondary N) is 1. The lowest BCUT2D eigenvalue weighted by Gasteiger charge is -2.50. The molecule has 1 spiro atoms. The van der Waals surface area contributed by atoms with Gasteiger partial charge in [0.1, 0.15) is 11.6 Å². The van der Waals surface area contributed by atoms with Crippen LogP contribution in [0.5, 0.6) is 0 Å². The fraction of sp³-hybridized carbons (Fsp3) is 0.552. The second kappa shape index (κ2) is 9.66. The number of esters is 1. The predicted molar refractivity (Wildman–Crippen MR) is 137 cm³/mol. The lowest BCUT2D eigenvalue weighted by Crippen LogP contribution is -2.54. The number of rotatable bonds is 3. The van der Waals surface area contributed by atoms with Crippen molar-refractivity contribution in [3.05, 3.63) is 34.9 Å². The second-order valence-corrected chi connectivity index (χ2v) is 11.9. The van der Waals surface area contributed by atoms with E-state index in [1.807, 2.05) is 20.8 Å². The third kappa shape index (κ3) is 5.23. The number of imide groups is 2. The summed E-state index contributed by atoms with van der Waals surface area (Å²) in [5.41, 5.74) is 0.970. The highest BCUT2D eigenvalue weighted by Gasteiger charge is 2.46. The number of piperidine rings is 2. The van der Waals surface area contributed by atoms with E-state index in [1.54, 1.807) is 18.2 Å². The molecule has 1 atom stereocenters. The summed E-state index contributed by atoms with van der Waals surface area (Å²) in [5, 5.41) is 2.20. The first kappa shape index (κ1) is 26.1. The Bertz CT molecular complexity index is 1270. The quantitative estimate of drug-likeness (QED) is 0.370. The first-order chi connectivity index (χ1) is 17.9. The molecule has 1 N–H and O–H groups in total. The maximum Gasteiger partial charge on any atom is 0.320 e. The van der Waals surface area contributed by atoms with Gasteiger partial charge in [0.15, 0.2) is 0 Å². The van der Waals surface area contributed by atoms with Crippen molar-refractivity contribution in [3.63, 3.8) is 0 Å². The first-order valence-corrected chi connectivity index (χ1v) is 13.2. The Hall–Kier alpha value is -3.51. The summed E-state index contributed by atoms with van der Waals surface area (Å²) in [6.07, 6.45) is 4.34. The molecule has 3 heterocycles. The van der Waals surface area contributed by atoms with Gasteiger partial charge < -0.3 is 4.74 Å². The molecule has 1 saturated carbocycles. The molecule has 0 aromatic heterocycles. The number of hydrogen-bond donors (Lipinski definition) is 1. The van der Waals surface area contributed by atoms with Crippen molar-refractivity contribution < 1.29 is 28.7 Å². The van der Waals surface area contributed by atoms with Crippen molar-refractivity contribution in [1.29, 1.82) is 0 Å². The molecule has 0 bridgehead atoms. The number of amides is 4. The van der Waals surface area contributed by atoms with Crippen molar-refractivity contribution >= 4 is 29.6 Å². The second-order valence-electron chi connectivity index (χ2n) is 11.9. The number of likely N-dealkylation sites (tertiary alicyclic amines) is 1. The molecule has 1 unspecified atom stereocenters. The van der Waals surface area contributed by atoms with Crippen molar-refractivity contribution in [2.24, 2.45) is 11.3 Å². The Labute approximate surface area is 222 Å². The summed E-state index contributed by atoms with van der Waals surface area (Å²) in [4.78, 5) is 64.8. The highest BCUT2D eigenvalue weighted by molar-refractivity contribution is 6.23. The lowest BCUT2D eigenvalue weighted by molar-refractivity contribution is -0.157. The van der Waals surface area contributed by atoms with Crippen LogP contribution in [0.2, 0.25) is 0 Å². The molecule has 0 radical (unpaired) electrons. The molecule has 3 fully saturated rings. The molecule has 4 amide bonds. The minimum absolute atomic E-state index is 0.0885. The van der Waals surface area contributed by atoms with Crippen molar-refractivity contribution in [2.45, 2.75) is 70.9 Å². The third-order valence-corrected chi connectivity index (χ3v) is 7.91. The number of fused-ring (bicyclic) bond motifs is 1. The Morgan fingerprint density at radius 2 is 1.76 bits per heavy atom. The normalized spacial score (nSPS) is 23.4. The standard InChI is InChI=1S/C29H33N3O6/c1-28(2,3)38-24(34)17-31-12-10-29(11-13-31)15-19(16-29)5-4-18-6-7-20-21(14-18)27(37)32(26(20)36)22-8-9-23(33)30-25(22)35/h6-7,14,19,22H,8-13,15-17H2,1-3H3,(H,30,33,35). The van der Waals surface area contributed by atoms with Gasteiger partial charge in [0.05, 0.1) is 17.7 Å². The van der Waals surface area contributed by atoms with Gasteiger partial charge in [-0.25, -0.2) is 0 Å². The summed E-state index contributed by atoms with van der Waals surface area (Å²) in [5.74, 6) is 4.54. The van der Waals surface area contributed by atoms with Crippen LogP contribution in [0.15, 0.2) is 18.2 Å². The smallest absolute Gasteiger partial charge is 0.320 e. The summed E-state index contributed by atoms with van der Waals surface area (Å²) in [6, 6.07) is 3.97. The van der Waals surface area contributed by atoms with Crippen molar-refractivity contribution in [2.75, 3.05) is 19.6 Å². The minimum atomic E-state index is -0.976. The minimum Gasteiger partial charge on any atom is -0.459 e. The fourth-order valence-corrected chi connectivity index (χ4v) is 5.97. The van der Waals surface area contributed by atoms with Gasteiger partial charge in [-0.1, -0.05) is 11.8 Å². The van der Waals surface area contributed by atoms with Crippen LogP contribution in [0, 0.1) is 23.2 Å². The van der Waals surface area contributed by atoms with Gasteiger partial charge in [-0.2, -0.15) is 0 Å². The van der Waals surface area contributed by atoms with Crippen LogP contribution in [0.1, 0.15) is 85.6 Å². The van der Waals surface area contributed by atoms with E-state index in [-0.39, 0.29) is 41.3 Å². The molecule has 38 heavy (non-hydrogen) atoms. The Morgan fingerprint density at radius 1 is 1.08 bits per heavy atom. The lowest BCUT2D eigenvalue weighted by atomic mass is 9.58. The maximum absolute atomic E-state index is 13.0. The highest BCUT2D eigenvalue weighted by Crippen LogP contribution is 2.52. The van der Waals surface area contributed by atoms with Crippen molar-refractivity contribution in [1.82, 2.24) is 15.1 Å². The number of hydrogen-bond acceptors (Lipinski definition) is 7. The molecule has 3 aliphatic heterocycles. The van der Waals surface area contributed by atoms with Crippen molar-refractivity contribution in [3.8, 4) is 11.8 Å². The van der Waals surface area contributed by atoms with E-state index in [4.69, 9.17) is 4.74 Å². The Morgan fingerprint density at radius 3 is 2.42 bits per heavy atom. The van der Waals surface area contributed by atoms with E-state index < -0.39 is 35.3 Å². The summed E-state index contributed by atoms with van der Waals surface area (Å²) < 4.78 is 5.44. The monoisotopic (exact) mass is 519 g/mol. The van der Waals surface area contributed by atoms with Crippen LogP contribution in [-0.4, -0.2) is 70.7 Å². The molecule has 1 aromatic carbocycles. The van der Waals surface area contributed by atoms with E-state index in [9.17, 15) is 24.0 Å². The number of carbonyl (C=O) groups excluding carboxylic acids is 5. The van der Waals surface area contributed by atoms with Gasteiger partial charge in [0.2, 0.25) is 11.8 Å². The molecule has 1 aliphatic carbocycles. The third-order valence-electron chi connectivity index (χ3n) is 7.91. The molecular weight excluding hydrogens is 486 g/mol. The van der Waals surface area contributed by atoms with Gasteiger partial charge in [-0.3, -0.25) is 39.1 Å². The van der Waals surface area contributed by atoms with E-state index in [0.29, 0.717) is 12.1 Å². The molecule has 4 aliphatic rings. The SMILES string of the molecule is CC(C)(C)OC(=O)CN1CCC2(CC1)CC(C#Cc1ccc3c(c1)C(=O)N(C1CCC(=O)NC1=O)C3=O)C2. The predicted octanol–water partition coefficient (Wildman–Crippen LogP) is 2.27. The molecule has 200 valence electrons. The molecule has 2 saturated heterocycles. The zero-order valence-corrected chi connectivity index (χ0v) is 22.1. The topological polar surface area (TPSA) is 113 Å². The van der Waals surface area contributed by atoms with Gasteiger partial charge in [-0.05, 0) is 89.6 Å². The zero-order chi connectivity index (χ0) is 27.2. The first-order valence-electron chi connectivity index (χ1n) is 13.2. The summed E-state index contributed by atoms with van der Waals surface area (Å²) in [7, 11) is 0. The zero-order valence-electron chi connectivity index (χ0n) is 22.1. The molecule has 9 heteroatoms.